The van der Waals surface area contributed by atoms with Gasteiger partial charge in [0.05, 0.1) is 11.3 Å². The van der Waals surface area contributed by atoms with Gasteiger partial charge in [-0.15, -0.1) is 0 Å². The van der Waals surface area contributed by atoms with Gasteiger partial charge >= 0.3 is 6.18 Å². The molecule has 6 heteroatoms. The Hall–Kier alpha value is -2.08. The lowest BCUT2D eigenvalue weighted by Gasteiger charge is -2.32. The summed E-state index contributed by atoms with van der Waals surface area (Å²) in [7, 11) is 0. The Kier molecular flexibility index (Phi) is 5.27. The molecule has 2 aromatic rings. The molecule has 2 heterocycles. The van der Waals surface area contributed by atoms with E-state index in [2.05, 4.69) is 9.88 Å². The lowest BCUT2D eigenvalue weighted by atomic mass is 9.93. The van der Waals surface area contributed by atoms with Crippen LogP contribution in [0.5, 0.6) is 0 Å². The molecule has 0 saturated carbocycles. The second kappa shape index (κ2) is 7.44. The zero-order chi connectivity index (χ0) is 17.9. The van der Waals surface area contributed by atoms with Crippen molar-refractivity contribution in [1.29, 1.82) is 0 Å². The summed E-state index contributed by atoms with van der Waals surface area (Å²) in [5, 5.41) is 0. The molecule has 1 aromatic heterocycles. The van der Waals surface area contributed by atoms with Crippen LogP contribution >= 0.6 is 0 Å². The second-order valence-electron chi connectivity index (χ2n) is 6.47. The van der Waals surface area contributed by atoms with E-state index in [0.717, 1.165) is 50.3 Å². The largest absolute Gasteiger partial charge is 0.416 e. The van der Waals surface area contributed by atoms with Gasteiger partial charge in [-0.05, 0) is 56.0 Å². The fourth-order valence-corrected chi connectivity index (χ4v) is 3.30. The number of nitrogens with zero attached hydrogens (tertiary/aromatic N) is 2. The summed E-state index contributed by atoms with van der Waals surface area (Å²) in [4.78, 5) is 6.79. The molecule has 0 atom stereocenters. The number of halogens is 3. The first-order valence-electron chi connectivity index (χ1n) is 8.57. The minimum Gasteiger partial charge on any atom is -0.357 e. The fourth-order valence-electron chi connectivity index (χ4n) is 3.30. The van der Waals surface area contributed by atoms with Crippen LogP contribution in [0, 0.1) is 5.92 Å². The predicted octanol–water partition coefficient (Wildman–Crippen LogP) is 4.33. The highest BCUT2D eigenvalue weighted by molar-refractivity contribution is 5.62. The Bertz CT molecular complexity index is 707. The van der Waals surface area contributed by atoms with Gasteiger partial charge in [0, 0.05) is 18.7 Å². The minimum absolute atomic E-state index is 0.481. The zero-order valence-corrected chi connectivity index (χ0v) is 14.0. The number of pyridine rings is 1. The van der Waals surface area contributed by atoms with Crippen molar-refractivity contribution in [2.45, 2.75) is 25.4 Å². The number of nitrogens with two attached hydrogens (primary N) is 1. The van der Waals surface area contributed by atoms with E-state index >= 15 is 0 Å². The van der Waals surface area contributed by atoms with Gasteiger partial charge in [-0.3, -0.25) is 0 Å². The van der Waals surface area contributed by atoms with E-state index < -0.39 is 11.7 Å². The predicted molar refractivity (Wildman–Crippen MR) is 93.3 cm³/mol. The van der Waals surface area contributed by atoms with E-state index in [-0.39, 0.29) is 0 Å². The van der Waals surface area contributed by atoms with E-state index in [9.17, 15) is 13.2 Å². The first-order valence-corrected chi connectivity index (χ1v) is 8.57. The lowest BCUT2D eigenvalue weighted by molar-refractivity contribution is -0.137. The van der Waals surface area contributed by atoms with Gasteiger partial charge in [-0.2, -0.15) is 13.2 Å². The van der Waals surface area contributed by atoms with E-state index in [4.69, 9.17) is 5.73 Å². The first-order chi connectivity index (χ1) is 12.0. The molecular formula is C19H22F3N3. The van der Waals surface area contributed by atoms with Crippen molar-refractivity contribution in [3.05, 3.63) is 48.0 Å². The molecule has 0 spiro atoms. The normalized spacial score (nSPS) is 16.2. The molecule has 1 aliphatic heterocycles. The van der Waals surface area contributed by atoms with Crippen molar-refractivity contribution in [2.24, 2.45) is 11.7 Å². The molecule has 0 amide bonds. The highest BCUT2D eigenvalue weighted by Crippen LogP contribution is 2.32. The summed E-state index contributed by atoms with van der Waals surface area (Å²) < 4.78 is 38.7. The summed E-state index contributed by atoms with van der Waals surface area (Å²) in [6.07, 6.45) is -1.15. The Balaban J connectivity index is 1.79. The van der Waals surface area contributed by atoms with Crippen LogP contribution in [0.4, 0.5) is 19.0 Å². The molecule has 0 unspecified atom stereocenters. The van der Waals surface area contributed by atoms with Gasteiger partial charge < -0.3 is 10.6 Å². The van der Waals surface area contributed by atoms with E-state index in [1.807, 2.05) is 12.1 Å². The smallest absolute Gasteiger partial charge is 0.357 e. The van der Waals surface area contributed by atoms with Crippen LogP contribution in [-0.2, 0) is 6.18 Å². The summed E-state index contributed by atoms with van der Waals surface area (Å²) >= 11 is 0. The number of anilines is 1. The van der Waals surface area contributed by atoms with Crippen molar-refractivity contribution in [2.75, 3.05) is 24.5 Å². The summed E-state index contributed by atoms with van der Waals surface area (Å²) in [5.41, 5.74) is 6.02. The Labute approximate surface area is 145 Å². The molecule has 0 radical (unpaired) electrons. The molecule has 134 valence electrons. The maximum atomic E-state index is 12.9. The molecule has 1 fully saturated rings. The molecule has 0 aliphatic carbocycles. The van der Waals surface area contributed by atoms with Crippen molar-refractivity contribution >= 4 is 5.82 Å². The zero-order valence-electron chi connectivity index (χ0n) is 14.0. The Morgan fingerprint density at radius 3 is 2.48 bits per heavy atom. The van der Waals surface area contributed by atoms with Crippen molar-refractivity contribution in [3.63, 3.8) is 0 Å². The van der Waals surface area contributed by atoms with Crippen LogP contribution < -0.4 is 10.6 Å². The summed E-state index contributed by atoms with van der Waals surface area (Å²) in [6.45, 7) is 2.53. The quantitative estimate of drug-likeness (QED) is 0.893. The monoisotopic (exact) mass is 349 g/mol. The summed E-state index contributed by atoms with van der Waals surface area (Å²) in [6, 6.07) is 10.8. The third-order valence-electron chi connectivity index (χ3n) is 4.73. The van der Waals surface area contributed by atoms with Crippen LogP contribution in [0.2, 0.25) is 0 Å². The molecule has 0 bridgehead atoms. The number of rotatable bonds is 4. The number of aromatic nitrogens is 1. The fraction of sp³-hybridized carbons (Fsp3) is 0.421. The van der Waals surface area contributed by atoms with Crippen LogP contribution in [0.15, 0.2) is 42.5 Å². The molecule has 1 aromatic carbocycles. The number of alkyl halides is 3. The van der Waals surface area contributed by atoms with Gasteiger partial charge in [0.2, 0.25) is 0 Å². The van der Waals surface area contributed by atoms with Crippen LogP contribution in [-0.4, -0.2) is 24.6 Å². The van der Waals surface area contributed by atoms with Gasteiger partial charge in [-0.1, -0.05) is 18.2 Å². The van der Waals surface area contributed by atoms with Gasteiger partial charge in [0.25, 0.3) is 0 Å². The van der Waals surface area contributed by atoms with Crippen LogP contribution in [0.25, 0.3) is 11.3 Å². The lowest BCUT2D eigenvalue weighted by Crippen LogP contribution is -2.34. The highest BCUT2D eigenvalue weighted by Gasteiger charge is 2.30. The molecular weight excluding hydrogens is 327 g/mol. The third-order valence-corrected chi connectivity index (χ3v) is 4.73. The second-order valence-corrected chi connectivity index (χ2v) is 6.47. The van der Waals surface area contributed by atoms with Crippen LogP contribution in [0.3, 0.4) is 0 Å². The standard InChI is InChI=1S/C19H22F3N3/c20-19(21,22)16-4-1-3-15(13-16)17-5-2-6-18(24-17)25-11-8-14(7-10-23)9-12-25/h1-6,13-14H,7-12,23H2. The highest BCUT2D eigenvalue weighted by atomic mass is 19.4. The van der Waals surface area contributed by atoms with Gasteiger partial charge in [-0.25, -0.2) is 4.98 Å². The molecule has 3 rings (SSSR count). The Morgan fingerprint density at radius 1 is 1.08 bits per heavy atom. The van der Waals surface area contributed by atoms with Crippen molar-refractivity contribution in [3.8, 4) is 11.3 Å². The average Bonchev–Trinajstić information content (AvgIpc) is 2.62. The number of hydrogen-bond donors (Lipinski definition) is 1. The van der Waals surface area contributed by atoms with Gasteiger partial charge in [0.15, 0.2) is 0 Å². The molecule has 1 aliphatic rings. The summed E-state index contributed by atoms with van der Waals surface area (Å²) in [5.74, 6) is 1.48. The number of hydrogen-bond acceptors (Lipinski definition) is 3. The molecule has 25 heavy (non-hydrogen) atoms. The maximum absolute atomic E-state index is 12.9. The Morgan fingerprint density at radius 2 is 1.80 bits per heavy atom. The van der Waals surface area contributed by atoms with E-state index in [1.165, 1.54) is 6.07 Å². The topological polar surface area (TPSA) is 42.1 Å². The third kappa shape index (κ3) is 4.31. The number of benzene rings is 1. The molecule has 3 nitrogen and oxygen atoms in total. The van der Waals surface area contributed by atoms with Crippen molar-refractivity contribution in [1.82, 2.24) is 4.98 Å². The van der Waals surface area contributed by atoms with Gasteiger partial charge in [0.1, 0.15) is 5.82 Å². The SMILES string of the molecule is NCCC1CCN(c2cccc(-c3cccc(C(F)(F)F)c3)n2)CC1. The first kappa shape index (κ1) is 17.7. The van der Waals surface area contributed by atoms with E-state index in [0.29, 0.717) is 23.7 Å². The minimum atomic E-state index is -4.35. The van der Waals surface area contributed by atoms with Crippen molar-refractivity contribution < 1.29 is 13.2 Å². The maximum Gasteiger partial charge on any atom is 0.416 e. The van der Waals surface area contributed by atoms with E-state index in [1.54, 1.807) is 12.1 Å². The van der Waals surface area contributed by atoms with Crippen LogP contribution in [0.1, 0.15) is 24.8 Å². The molecule has 2 N–H and O–H groups in total. The average molecular weight is 349 g/mol. The number of piperidine rings is 1. The molecule has 1 saturated heterocycles.